The normalized spacial score (nSPS) is 12.1. The predicted molar refractivity (Wildman–Crippen MR) is 127 cm³/mol. The lowest BCUT2D eigenvalue weighted by Crippen LogP contribution is -2.22. The maximum Gasteiger partial charge on any atom is 0.277 e. The van der Waals surface area contributed by atoms with E-state index in [1.165, 1.54) is 36.7 Å². The van der Waals surface area contributed by atoms with Crippen LogP contribution in [0.5, 0.6) is 0 Å². The number of hydrogen-bond acceptors (Lipinski definition) is 9. The van der Waals surface area contributed by atoms with E-state index < -0.39 is 15.3 Å². The smallest absolute Gasteiger partial charge is 0.277 e. The summed E-state index contributed by atoms with van der Waals surface area (Å²) in [6.45, 7) is 1.71. The van der Waals surface area contributed by atoms with E-state index >= 15 is 0 Å². The van der Waals surface area contributed by atoms with E-state index in [9.17, 15) is 13.2 Å². The van der Waals surface area contributed by atoms with E-state index in [1.807, 2.05) is 30.3 Å². The van der Waals surface area contributed by atoms with Crippen LogP contribution in [0.2, 0.25) is 0 Å². The molecule has 2 heterocycles. The zero-order valence-corrected chi connectivity index (χ0v) is 19.6. The van der Waals surface area contributed by atoms with Gasteiger partial charge in [-0.2, -0.15) is 0 Å². The number of nitrogens with one attached hydrogen (secondary N) is 2. The number of sulfonamides is 1. The molecular weight excluding hydrogens is 476 g/mol. The van der Waals surface area contributed by atoms with Crippen molar-refractivity contribution in [3.05, 3.63) is 84.5 Å². The summed E-state index contributed by atoms with van der Waals surface area (Å²) >= 11 is 1.14. The summed E-state index contributed by atoms with van der Waals surface area (Å²) < 4.78 is 32.8. The summed E-state index contributed by atoms with van der Waals surface area (Å²) in [6.07, 6.45) is 3.37. The molecule has 0 saturated heterocycles. The number of benzene rings is 2. The third-order valence-corrected chi connectivity index (χ3v) is 6.80. The van der Waals surface area contributed by atoms with Gasteiger partial charge in [0.1, 0.15) is 0 Å². The number of rotatable bonds is 9. The number of carbonyl (C=O) groups excluding carboxylic acids is 1. The summed E-state index contributed by atoms with van der Waals surface area (Å²) in [4.78, 5) is 20.3. The maximum atomic E-state index is 12.6. The number of anilines is 2. The van der Waals surface area contributed by atoms with Gasteiger partial charge in [0.15, 0.2) is 0 Å². The molecule has 2 aromatic carbocycles. The van der Waals surface area contributed by atoms with Crippen molar-refractivity contribution in [2.24, 2.45) is 0 Å². The monoisotopic (exact) mass is 496 g/mol. The van der Waals surface area contributed by atoms with Crippen LogP contribution < -0.4 is 10.0 Å². The molecule has 2 aromatic heterocycles. The van der Waals surface area contributed by atoms with Gasteiger partial charge in [-0.05, 0) is 42.8 Å². The Kier molecular flexibility index (Phi) is 7.18. The van der Waals surface area contributed by atoms with E-state index in [0.717, 1.165) is 17.3 Å². The number of amides is 1. The van der Waals surface area contributed by atoms with E-state index in [1.54, 1.807) is 13.0 Å². The van der Waals surface area contributed by atoms with Crippen LogP contribution in [0.3, 0.4) is 0 Å². The zero-order valence-electron chi connectivity index (χ0n) is 18.0. The van der Waals surface area contributed by atoms with Gasteiger partial charge in [-0.25, -0.2) is 23.1 Å². The van der Waals surface area contributed by atoms with Crippen LogP contribution in [0, 0.1) is 0 Å². The Bertz CT molecular complexity index is 1350. The molecule has 1 amide bonds. The molecule has 12 heteroatoms. The average Bonchev–Trinajstić information content (AvgIpc) is 3.27. The highest BCUT2D eigenvalue weighted by molar-refractivity contribution is 8.00. The molecule has 0 saturated carbocycles. The molecule has 0 aliphatic heterocycles. The SMILES string of the molecule is CC(Sc1nnc(Cc2ccccc2)o1)C(=O)Nc1ccc(S(=O)(=O)Nc2ncccn2)cc1. The highest BCUT2D eigenvalue weighted by Crippen LogP contribution is 2.24. The van der Waals surface area contributed by atoms with E-state index in [-0.39, 0.29) is 16.8 Å². The number of thioether (sulfide) groups is 1. The van der Waals surface area contributed by atoms with E-state index in [0.29, 0.717) is 23.2 Å². The molecule has 34 heavy (non-hydrogen) atoms. The fourth-order valence-corrected chi connectivity index (χ4v) is 4.48. The molecule has 0 bridgehead atoms. The molecule has 0 radical (unpaired) electrons. The first-order valence-electron chi connectivity index (χ1n) is 10.1. The van der Waals surface area contributed by atoms with Crippen molar-refractivity contribution in [2.45, 2.75) is 28.7 Å². The topological polar surface area (TPSA) is 140 Å². The standard InChI is InChI=1S/C22H20N6O4S2/c1-15(33-22-27-26-19(32-22)14-16-6-3-2-4-7-16)20(29)25-17-8-10-18(11-9-17)34(30,31)28-21-23-12-5-13-24-21/h2-13,15H,14H2,1H3,(H,25,29)(H,23,24,28). The summed E-state index contributed by atoms with van der Waals surface area (Å²) in [5.41, 5.74) is 1.49. The fourth-order valence-electron chi connectivity index (χ4n) is 2.82. The van der Waals surface area contributed by atoms with Crippen molar-refractivity contribution >= 4 is 39.3 Å². The predicted octanol–water partition coefficient (Wildman–Crippen LogP) is 3.37. The second-order valence-corrected chi connectivity index (χ2v) is 10.1. The first kappa shape index (κ1) is 23.4. The van der Waals surface area contributed by atoms with Crippen LogP contribution in [-0.2, 0) is 21.2 Å². The Morgan fingerprint density at radius 2 is 1.71 bits per heavy atom. The molecule has 2 N–H and O–H groups in total. The molecule has 174 valence electrons. The largest absolute Gasteiger partial charge is 0.416 e. The van der Waals surface area contributed by atoms with Gasteiger partial charge in [0.05, 0.1) is 16.6 Å². The van der Waals surface area contributed by atoms with Gasteiger partial charge >= 0.3 is 0 Å². The van der Waals surface area contributed by atoms with Crippen molar-refractivity contribution in [1.82, 2.24) is 20.2 Å². The molecule has 0 aliphatic carbocycles. The highest BCUT2D eigenvalue weighted by atomic mass is 32.2. The highest BCUT2D eigenvalue weighted by Gasteiger charge is 2.20. The number of hydrogen-bond donors (Lipinski definition) is 2. The Morgan fingerprint density at radius 3 is 2.41 bits per heavy atom. The molecule has 1 unspecified atom stereocenters. The molecule has 0 aliphatic rings. The quantitative estimate of drug-likeness (QED) is 0.334. The molecule has 4 rings (SSSR count). The molecule has 0 fully saturated rings. The van der Waals surface area contributed by atoms with E-state index in [2.05, 4.69) is 30.2 Å². The maximum absolute atomic E-state index is 12.6. The van der Waals surface area contributed by atoms with Gasteiger partial charge in [-0.1, -0.05) is 42.1 Å². The third-order valence-electron chi connectivity index (χ3n) is 4.52. The van der Waals surface area contributed by atoms with Crippen molar-refractivity contribution in [3.63, 3.8) is 0 Å². The second-order valence-electron chi connectivity index (χ2n) is 7.08. The minimum absolute atomic E-state index is 0.0113. The van der Waals surface area contributed by atoms with Crippen molar-refractivity contribution < 1.29 is 17.6 Å². The van der Waals surface area contributed by atoms with Crippen molar-refractivity contribution in [1.29, 1.82) is 0 Å². The minimum atomic E-state index is -3.86. The summed E-state index contributed by atoms with van der Waals surface area (Å²) in [5, 5.41) is 10.5. The van der Waals surface area contributed by atoms with Crippen molar-refractivity contribution in [3.8, 4) is 0 Å². The Morgan fingerprint density at radius 1 is 1.00 bits per heavy atom. The first-order chi connectivity index (χ1) is 16.4. The Hall–Kier alpha value is -3.77. The fraction of sp³-hybridized carbons (Fsp3) is 0.136. The summed E-state index contributed by atoms with van der Waals surface area (Å²) in [7, 11) is -3.86. The Balaban J connectivity index is 1.33. The van der Waals surface area contributed by atoms with Crippen molar-refractivity contribution in [2.75, 3.05) is 10.0 Å². The molecule has 0 spiro atoms. The van der Waals surface area contributed by atoms with Gasteiger partial charge in [-0.15, -0.1) is 10.2 Å². The minimum Gasteiger partial charge on any atom is -0.416 e. The number of carbonyl (C=O) groups is 1. The van der Waals surface area contributed by atoms with Crippen LogP contribution >= 0.6 is 11.8 Å². The van der Waals surface area contributed by atoms with Gasteiger partial charge in [0.25, 0.3) is 15.2 Å². The van der Waals surface area contributed by atoms with Crippen LogP contribution in [0.4, 0.5) is 11.6 Å². The van der Waals surface area contributed by atoms with Gasteiger partial charge in [0.2, 0.25) is 17.7 Å². The van der Waals surface area contributed by atoms with Gasteiger partial charge in [0, 0.05) is 18.1 Å². The van der Waals surface area contributed by atoms with E-state index in [4.69, 9.17) is 4.42 Å². The summed E-state index contributed by atoms with van der Waals surface area (Å²) in [5.74, 6) is 0.144. The lowest BCUT2D eigenvalue weighted by Gasteiger charge is -2.11. The average molecular weight is 497 g/mol. The van der Waals surface area contributed by atoms with Crippen LogP contribution in [0.25, 0.3) is 0 Å². The second kappa shape index (κ2) is 10.4. The molecule has 10 nitrogen and oxygen atoms in total. The van der Waals surface area contributed by atoms with Gasteiger partial charge in [-0.3, -0.25) is 4.79 Å². The van der Waals surface area contributed by atoms with Crippen LogP contribution in [0.1, 0.15) is 18.4 Å². The summed E-state index contributed by atoms with van der Waals surface area (Å²) in [6, 6.07) is 17.1. The molecule has 4 aromatic rings. The molecule has 1 atom stereocenters. The van der Waals surface area contributed by atoms with Crippen LogP contribution in [-0.4, -0.2) is 39.7 Å². The number of nitrogens with zero attached hydrogens (tertiary/aromatic N) is 4. The zero-order chi connectivity index (χ0) is 24.0. The Labute approximate surface area is 200 Å². The third kappa shape index (κ3) is 6.17. The van der Waals surface area contributed by atoms with Crippen LogP contribution in [0.15, 0.2) is 87.6 Å². The lowest BCUT2D eigenvalue weighted by molar-refractivity contribution is -0.115. The van der Waals surface area contributed by atoms with Gasteiger partial charge < -0.3 is 9.73 Å². The number of aromatic nitrogens is 4. The lowest BCUT2D eigenvalue weighted by atomic mass is 10.2. The molecular formula is C22H20N6O4S2. The first-order valence-corrected chi connectivity index (χ1v) is 12.5.